The molecule has 6 heteroatoms. The normalized spacial score (nSPS) is 12.9. The number of carbonyl (C=O) groups is 1. The number of aromatic nitrogens is 1. The number of aromatic carboxylic acids is 1. The largest absolute Gasteiger partial charge is 0.476 e. The van der Waals surface area contributed by atoms with E-state index in [-0.39, 0.29) is 17.7 Å². The highest BCUT2D eigenvalue weighted by atomic mass is 32.1. The predicted octanol–water partition coefficient (Wildman–Crippen LogP) is 1.34. The summed E-state index contributed by atoms with van der Waals surface area (Å²) < 4.78 is 0. The third-order valence-electron chi connectivity index (χ3n) is 2.28. The van der Waals surface area contributed by atoms with Gasteiger partial charge in [-0.1, -0.05) is 13.8 Å². The van der Waals surface area contributed by atoms with Crippen LogP contribution in [0.2, 0.25) is 0 Å². The molecule has 0 aliphatic carbocycles. The molecule has 3 N–H and O–H groups in total. The number of carboxylic acid groups (broad SMARTS) is 1. The molecule has 96 valence electrons. The van der Waals surface area contributed by atoms with E-state index in [1.54, 1.807) is 5.38 Å². The van der Waals surface area contributed by atoms with Crippen molar-refractivity contribution >= 4 is 17.3 Å². The monoisotopic (exact) mass is 258 g/mol. The lowest BCUT2D eigenvalue weighted by atomic mass is 10.0. The average Bonchev–Trinajstić information content (AvgIpc) is 2.72. The standard InChI is InChI=1S/C11H18N2O3S/c1-7(2)3-8(5-14)12-4-9-6-17-10(13-9)11(15)16/h6-8,12,14H,3-5H2,1-2H3,(H,15,16). The first-order chi connectivity index (χ1) is 8.02. The van der Waals surface area contributed by atoms with E-state index in [0.29, 0.717) is 18.2 Å². The number of aliphatic hydroxyl groups excluding tert-OH is 1. The van der Waals surface area contributed by atoms with Crippen molar-refractivity contribution in [3.05, 3.63) is 16.1 Å². The zero-order valence-electron chi connectivity index (χ0n) is 10.0. The zero-order chi connectivity index (χ0) is 12.8. The molecular weight excluding hydrogens is 240 g/mol. The van der Waals surface area contributed by atoms with E-state index < -0.39 is 5.97 Å². The molecule has 1 aromatic heterocycles. The molecule has 0 aliphatic heterocycles. The number of hydrogen-bond acceptors (Lipinski definition) is 5. The quantitative estimate of drug-likeness (QED) is 0.687. The number of hydrogen-bond donors (Lipinski definition) is 3. The van der Waals surface area contributed by atoms with Gasteiger partial charge in [-0.2, -0.15) is 0 Å². The highest BCUT2D eigenvalue weighted by Crippen LogP contribution is 2.10. The van der Waals surface area contributed by atoms with Gasteiger partial charge in [0.25, 0.3) is 0 Å². The molecule has 0 saturated carbocycles. The fourth-order valence-corrected chi connectivity index (χ4v) is 2.18. The van der Waals surface area contributed by atoms with E-state index in [4.69, 9.17) is 5.11 Å². The Hall–Kier alpha value is -0.980. The smallest absolute Gasteiger partial charge is 0.365 e. The summed E-state index contributed by atoms with van der Waals surface area (Å²) in [7, 11) is 0. The number of rotatable bonds is 7. The fraction of sp³-hybridized carbons (Fsp3) is 0.636. The van der Waals surface area contributed by atoms with Crippen LogP contribution in [0.5, 0.6) is 0 Å². The van der Waals surface area contributed by atoms with Crippen molar-refractivity contribution in [3.8, 4) is 0 Å². The second-order valence-electron chi connectivity index (χ2n) is 4.34. The third-order valence-corrected chi connectivity index (χ3v) is 3.16. The summed E-state index contributed by atoms with van der Waals surface area (Å²) in [6.07, 6.45) is 0.881. The van der Waals surface area contributed by atoms with Crippen LogP contribution in [0.3, 0.4) is 0 Å². The Morgan fingerprint density at radius 1 is 1.59 bits per heavy atom. The Morgan fingerprint density at radius 3 is 2.76 bits per heavy atom. The van der Waals surface area contributed by atoms with E-state index >= 15 is 0 Å². The van der Waals surface area contributed by atoms with Crippen molar-refractivity contribution in [2.45, 2.75) is 32.9 Å². The Labute approximate surface area is 105 Å². The zero-order valence-corrected chi connectivity index (χ0v) is 10.8. The van der Waals surface area contributed by atoms with Gasteiger partial charge in [-0.15, -0.1) is 11.3 Å². The van der Waals surface area contributed by atoms with Gasteiger partial charge in [0.15, 0.2) is 0 Å². The first kappa shape index (κ1) is 14.1. The maximum Gasteiger partial charge on any atom is 0.365 e. The summed E-state index contributed by atoms with van der Waals surface area (Å²) in [6, 6.07) is 0.0324. The molecule has 0 spiro atoms. The SMILES string of the molecule is CC(C)CC(CO)NCc1csc(C(=O)O)n1. The molecule has 0 aliphatic rings. The first-order valence-electron chi connectivity index (χ1n) is 5.54. The first-order valence-corrected chi connectivity index (χ1v) is 6.42. The minimum Gasteiger partial charge on any atom is -0.476 e. The fourth-order valence-electron chi connectivity index (χ4n) is 1.53. The van der Waals surface area contributed by atoms with Crippen molar-refractivity contribution in [2.24, 2.45) is 5.92 Å². The van der Waals surface area contributed by atoms with Crippen LogP contribution in [0, 0.1) is 5.92 Å². The molecule has 1 atom stereocenters. The van der Waals surface area contributed by atoms with Gasteiger partial charge in [-0.3, -0.25) is 0 Å². The van der Waals surface area contributed by atoms with Gasteiger partial charge in [0, 0.05) is 18.0 Å². The number of nitrogens with zero attached hydrogens (tertiary/aromatic N) is 1. The molecule has 0 bridgehead atoms. The highest BCUT2D eigenvalue weighted by Gasteiger charge is 2.12. The van der Waals surface area contributed by atoms with Crippen molar-refractivity contribution in [1.82, 2.24) is 10.3 Å². The molecule has 1 aromatic rings. The summed E-state index contributed by atoms with van der Waals surface area (Å²) in [5.41, 5.74) is 0.703. The molecule has 1 heterocycles. The van der Waals surface area contributed by atoms with Crippen molar-refractivity contribution < 1.29 is 15.0 Å². The number of thiazole rings is 1. The number of carboxylic acids is 1. The number of aliphatic hydroxyl groups is 1. The summed E-state index contributed by atoms with van der Waals surface area (Å²) in [5.74, 6) is -0.494. The average molecular weight is 258 g/mol. The van der Waals surface area contributed by atoms with Gasteiger partial charge in [0.05, 0.1) is 12.3 Å². The van der Waals surface area contributed by atoms with Crippen LogP contribution >= 0.6 is 11.3 Å². The molecule has 5 nitrogen and oxygen atoms in total. The maximum absolute atomic E-state index is 10.6. The third kappa shape index (κ3) is 4.80. The summed E-state index contributed by atoms with van der Waals surface area (Å²) >= 11 is 1.12. The summed E-state index contributed by atoms with van der Waals surface area (Å²) in [6.45, 7) is 4.75. The lowest BCUT2D eigenvalue weighted by Crippen LogP contribution is -2.33. The molecule has 0 aromatic carbocycles. The second kappa shape index (κ2) is 6.68. The predicted molar refractivity (Wildman–Crippen MR) is 66.2 cm³/mol. The molecule has 0 radical (unpaired) electrons. The molecule has 17 heavy (non-hydrogen) atoms. The van der Waals surface area contributed by atoms with Crippen molar-refractivity contribution in [2.75, 3.05) is 6.61 Å². The van der Waals surface area contributed by atoms with Crippen LogP contribution in [0.25, 0.3) is 0 Å². The summed E-state index contributed by atoms with van der Waals surface area (Å²) in [5, 5.41) is 22.9. The topological polar surface area (TPSA) is 82.5 Å². The van der Waals surface area contributed by atoms with Gasteiger partial charge in [-0.25, -0.2) is 9.78 Å². The van der Waals surface area contributed by atoms with Gasteiger partial charge in [0.1, 0.15) is 0 Å². The van der Waals surface area contributed by atoms with Crippen molar-refractivity contribution in [1.29, 1.82) is 0 Å². The minimum absolute atomic E-state index is 0.0324. The van der Waals surface area contributed by atoms with Gasteiger partial charge in [-0.05, 0) is 12.3 Å². The molecule has 0 saturated heterocycles. The van der Waals surface area contributed by atoms with E-state index in [1.807, 2.05) is 0 Å². The molecular formula is C11H18N2O3S. The van der Waals surface area contributed by atoms with Crippen LogP contribution in [-0.2, 0) is 6.54 Å². The Morgan fingerprint density at radius 2 is 2.29 bits per heavy atom. The second-order valence-corrected chi connectivity index (χ2v) is 5.20. The van der Waals surface area contributed by atoms with E-state index in [1.165, 1.54) is 0 Å². The van der Waals surface area contributed by atoms with Crippen LogP contribution in [0.15, 0.2) is 5.38 Å². The minimum atomic E-state index is -0.998. The van der Waals surface area contributed by atoms with Gasteiger partial charge >= 0.3 is 5.97 Å². The van der Waals surface area contributed by atoms with Gasteiger partial charge < -0.3 is 15.5 Å². The lowest BCUT2D eigenvalue weighted by Gasteiger charge is -2.17. The van der Waals surface area contributed by atoms with E-state index in [0.717, 1.165) is 17.8 Å². The molecule has 1 rings (SSSR count). The summed E-state index contributed by atoms with van der Waals surface area (Å²) in [4.78, 5) is 14.6. The maximum atomic E-state index is 10.6. The Bertz CT molecular complexity index is 365. The number of nitrogens with one attached hydrogen (secondary N) is 1. The highest BCUT2D eigenvalue weighted by molar-refractivity contribution is 7.11. The molecule has 0 amide bonds. The van der Waals surface area contributed by atoms with Crippen LogP contribution in [0.4, 0.5) is 0 Å². The molecule has 1 unspecified atom stereocenters. The molecule has 0 fully saturated rings. The lowest BCUT2D eigenvalue weighted by molar-refractivity contribution is 0.0696. The Kier molecular flexibility index (Phi) is 5.54. The van der Waals surface area contributed by atoms with E-state index in [9.17, 15) is 9.90 Å². The van der Waals surface area contributed by atoms with Crippen molar-refractivity contribution in [3.63, 3.8) is 0 Å². The van der Waals surface area contributed by atoms with Crippen LogP contribution in [0.1, 0.15) is 35.8 Å². The van der Waals surface area contributed by atoms with Crippen LogP contribution < -0.4 is 5.32 Å². The Balaban J connectivity index is 2.45. The van der Waals surface area contributed by atoms with Crippen LogP contribution in [-0.4, -0.2) is 33.8 Å². The van der Waals surface area contributed by atoms with Gasteiger partial charge in [0.2, 0.25) is 5.01 Å². The van der Waals surface area contributed by atoms with E-state index in [2.05, 4.69) is 24.1 Å².